The molecule has 3 rings (SSSR count). The normalized spacial score (nSPS) is 21.6. The number of ether oxygens (including phenoxy) is 4. The molecule has 3 heterocycles. The van der Waals surface area contributed by atoms with Gasteiger partial charge in [-0.2, -0.15) is 11.8 Å². The summed E-state index contributed by atoms with van der Waals surface area (Å²) < 4.78 is 19.9. The van der Waals surface area contributed by atoms with Gasteiger partial charge in [-0.25, -0.2) is 4.79 Å². The van der Waals surface area contributed by atoms with Gasteiger partial charge in [0, 0.05) is 89.3 Å². The van der Waals surface area contributed by atoms with Crippen molar-refractivity contribution in [3.8, 4) is 0 Å². The fourth-order valence-electron chi connectivity index (χ4n) is 7.28. The summed E-state index contributed by atoms with van der Waals surface area (Å²) in [5, 5.41) is 12.2. The van der Waals surface area contributed by atoms with Gasteiger partial charge >= 0.3 is 29.9 Å². The first kappa shape index (κ1) is 48.6. The zero-order valence-electron chi connectivity index (χ0n) is 34.8. The Hall–Kier alpha value is -3.72. The average molecular weight is 843 g/mol. The van der Waals surface area contributed by atoms with Crippen molar-refractivity contribution >= 4 is 53.5 Å². The highest BCUT2D eigenvalue weighted by atomic mass is 32.2. The Bertz CT molecular complexity index is 1310. The summed E-state index contributed by atoms with van der Waals surface area (Å²) in [7, 11) is 5.28. The van der Waals surface area contributed by atoms with Crippen LogP contribution < -0.4 is 21.3 Å². The van der Waals surface area contributed by atoms with E-state index >= 15 is 0 Å². The number of methoxy groups -OCH3 is 4. The molecule has 3 aliphatic heterocycles. The Kier molecular flexibility index (Phi) is 22.7. The Labute approximate surface area is 346 Å². The molecule has 1 unspecified atom stereocenters. The van der Waals surface area contributed by atoms with Crippen LogP contribution in [0.5, 0.6) is 0 Å². The molecule has 3 fully saturated rings. The van der Waals surface area contributed by atoms with Crippen LogP contribution in [0.2, 0.25) is 0 Å². The third-order valence-corrected chi connectivity index (χ3v) is 12.3. The molecule has 0 aromatic rings. The number of thioether (sulfide) groups is 1. The topological polar surface area (TPSA) is 217 Å². The maximum Gasteiger partial charge on any atom is 0.323 e. The van der Waals surface area contributed by atoms with Gasteiger partial charge in [-0.05, 0) is 32.1 Å². The Morgan fingerprint density at radius 3 is 1.67 bits per heavy atom. The highest BCUT2D eigenvalue weighted by molar-refractivity contribution is 8.00. The van der Waals surface area contributed by atoms with Crippen LogP contribution in [0.25, 0.3) is 0 Å². The van der Waals surface area contributed by atoms with Crippen molar-refractivity contribution in [2.75, 3.05) is 119 Å². The first-order chi connectivity index (χ1) is 28.0. The van der Waals surface area contributed by atoms with E-state index in [9.17, 15) is 33.6 Å². The van der Waals surface area contributed by atoms with Crippen LogP contribution in [0.3, 0.4) is 0 Å². The standard InChI is InChI=1S/C38H66N8O11S/c1-54-33(49)24-43-16-18-44(25-34(50)55-2)20-22-46(23-21-45(19-17-43)26-35(51)56-3)29(37(52)57-4)13-15-40-32(48)11-6-5-9-14-39-31(47)12-8-7-10-30-36-28(27-58-30)41-38(53)42-36/h28-30,36H,5-27H2,1-4H3,(H,39,47)(H,40,48)(H2,41,42,53)/t28-,29?,30-,36-/m0/s1. The SMILES string of the molecule is COC(=O)CN1CCN(CC(=O)OC)CCN(C(CCNC(=O)CCCCCNC(=O)CCCC[C@@H]2SC[C@@H]3NC(=O)N[C@@H]32)C(=O)OC)CCN(CC(=O)OC)CC1. The van der Waals surface area contributed by atoms with Crippen molar-refractivity contribution in [1.29, 1.82) is 0 Å². The van der Waals surface area contributed by atoms with Gasteiger partial charge in [0.15, 0.2) is 0 Å². The zero-order valence-corrected chi connectivity index (χ0v) is 35.6. The molecule has 0 bridgehead atoms. The molecule has 4 amide bonds. The summed E-state index contributed by atoms with van der Waals surface area (Å²) in [6.45, 7) is 4.07. The number of unbranched alkanes of at least 4 members (excludes halogenated alkanes) is 3. The van der Waals surface area contributed by atoms with E-state index < -0.39 is 29.9 Å². The minimum Gasteiger partial charge on any atom is -0.468 e. The summed E-state index contributed by atoms with van der Waals surface area (Å²) in [6.07, 6.45) is 5.96. The molecule has 19 nitrogen and oxygen atoms in total. The fraction of sp³-hybridized carbons (Fsp3) is 0.816. The molecule has 0 saturated carbocycles. The van der Waals surface area contributed by atoms with E-state index in [2.05, 4.69) is 21.3 Å². The molecule has 330 valence electrons. The molecule has 3 saturated heterocycles. The second kappa shape index (κ2) is 27.1. The number of carbonyl (C=O) groups is 7. The van der Waals surface area contributed by atoms with Gasteiger partial charge in [0.2, 0.25) is 11.8 Å². The molecule has 3 aliphatic rings. The molecule has 20 heteroatoms. The lowest BCUT2D eigenvalue weighted by Crippen LogP contribution is -2.52. The summed E-state index contributed by atoms with van der Waals surface area (Å²) in [5.41, 5.74) is 0. The van der Waals surface area contributed by atoms with E-state index in [0.717, 1.165) is 37.9 Å². The van der Waals surface area contributed by atoms with E-state index in [4.69, 9.17) is 18.9 Å². The van der Waals surface area contributed by atoms with Crippen LogP contribution in [0.4, 0.5) is 4.79 Å². The third-order valence-electron chi connectivity index (χ3n) is 10.8. The van der Waals surface area contributed by atoms with E-state index in [-0.39, 0.29) is 62.5 Å². The van der Waals surface area contributed by atoms with E-state index in [0.29, 0.717) is 83.4 Å². The fourth-order valence-corrected chi connectivity index (χ4v) is 8.82. The summed E-state index contributed by atoms with van der Waals surface area (Å²) in [4.78, 5) is 94.3. The summed E-state index contributed by atoms with van der Waals surface area (Å²) in [6, 6.07) is -0.411. The van der Waals surface area contributed by atoms with E-state index in [1.54, 1.807) is 0 Å². The summed E-state index contributed by atoms with van der Waals surface area (Å²) >= 11 is 1.88. The smallest absolute Gasteiger partial charge is 0.323 e. The third kappa shape index (κ3) is 18.0. The highest BCUT2D eigenvalue weighted by Gasteiger charge is 2.42. The van der Waals surface area contributed by atoms with E-state index in [1.165, 1.54) is 28.4 Å². The number of urea groups is 1. The van der Waals surface area contributed by atoms with Crippen LogP contribution >= 0.6 is 11.8 Å². The van der Waals surface area contributed by atoms with Crippen LogP contribution in [0.1, 0.15) is 57.8 Å². The number of nitrogens with one attached hydrogen (secondary N) is 4. The maximum atomic E-state index is 13.2. The minimum absolute atomic E-state index is 0.0126. The molecule has 0 aromatic carbocycles. The number of fused-ring (bicyclic) bond motifs is 1. The predicted molar refractivity (Wildman–Crippen MR) is 216 cm³/mol. The van der Waals surface area contributed by atoms with Crippen molar-refractivity contribution in [1.82, 2.24) is 40.9 Å². The molecular formula is C38H66N8O11S. The Morgan fingerprint density at radius 1 is 0.655 bits per heavy atom. The molecule has 4 N–H and O–H groups in total. The number of hydrogen-bond donors (Lipinski definition) is 4. The lowest BCUT2D eigenvalue weighted by molar-refractivity contribution is -0.148. The lowest BCUT2D eigenvalue weighted by Gasteiger charge is -2.36. The summed E-state index contributed by atoms with van der Waals surface area (Å²) in [5.74, 6) is -0.881. The number of carbonyl (C=O) groups excluding carboxylic acids is 7. The second-order valence-electron chi connectivity index (χ2n) is 14.8. The monoisotopic (exact) mass is 842 g/mol. The van der Waals surface area contributed by atoms with Gasteiger partial charge in [0.1, 0.15) is 6.04 Å². The van der Waals surface area contributed by atoms with Crippen LogP contribution in [-0.2, 0) is 47.7 Å². The largest absolute Gasteiger partial charge is 0.468 e. The number of rotatable bonds is 22. The minimum atomic E-state index is -0.714. The Balaban J connectivity index is 1.44. The molecule has 0 radical (unpaired) electrons. The van der Waals surface area contributed by atoms with Crippen molar-refractivity contribution in [2.45, 2.75) is 81.2 Å². The van der Waals surface area contributed by atoms with Gasteiger partial charge in [0.05, 0.1) is 60.2 Å². The number of esters is 4. The molecule has 4 atom stereocenters. The van der Waals surface area contributed by atoms with Gasteiger partial charge in [0.25, 0.3) is 0 Å². The average Bonchev–Trinajstić information content (AvgIpc) is 3.77. The van der Waals surface area contributed by atoms with Crippen LogP contribution in [-0.4, -0.2) is 204 Å². The first-order valence-corrected chi connectivity index (χ1v) is 21.4. The number of hydrogen-bond acceptors (Lipinski definition) is 16. The van der Waals surface area contributed by atoms with Gasteiger partial charge < -0.3 is 40.2 Å². The van der Waals surface area contributed by atoms with Crippen molar-refractivity contribution in [2.24, 2.45) is 0 Å². The molecule has 58 heavy (non-hydrogen) atoms. The van der Waals surface area contributed by atoms with Gasteiger partial charge in [-0.1, -0.05) is 12.8 Å². The number of nitrogens with zero attached hydrogens (tertiary/aromatic N) is 4. The predicted octanol–water partition coefficient (Wildman–Crippen LogP) is -0.823. The Morgan fingerprint density at radius 2 is 1.16 bits per heavy atom. The van der Waals surface area contributed by atoms with Crippen LogP contribution in [0, 0.1) is 0 Å². The first-order valence-electron chi connectivity index (χ1n) is 20.4. The lowest BCUT2D eigenvalue weighted by atomic mass is 10.0. The zero-order chi connectivity index (χ0) is 42.3. The van der Waals surface area contributed by atoms with Gasteiger partial charge in [-0.3, -0.25) is 48.4 Å². The van der Waals surface area contributed by atoms with Gasteiger partial charge in [-0.15, -0.1) is 0 Å². The van der Waals surface area contributed by atoms with Crippen molar-refractivity contribution in [3.63, 3.8) is 0 Å². The molecule has 0 aliphatic carbocycles. The van der Waals surface area contributed by atoms with Crippen molar-refractivity contribution in [3.05, 3.63) is 0 Å². The number of amides is 4. The quantitative estimate of drug-likeness (QED) is 0.0453. The molecular weight excluding hydrogens is 777 g/mol. The maximum absolute atomic E-state index is 13.2. The highest BCUT2D eigenvalue weighted by Crippen LogP contribution is 2.33. The molecule has 0 aromatic heterocycles. The second-order valence-corrected chi connectivity index (χ2v) is 16.1. The van der Waals surface area contributed by atoms with Crippen LogP contribution in [0.15, 0.2) is 0 Å². The van der Waals surface area contributed by atoms with E-state index in [1.807, 2.05) is 31.4 Å². The molecule has 0 spiro atoms. The van der Waals surface area contributed by atoms with Crippen molar-refractivity contribution < 1.29 is 52.5 Å².